The summed E-state index contributed by atoms with van der Waals surface area (Å²) in [5.74, 6) is 0.666. The molecule has 3 nitrogen and oxygen atoms in total. The first-order valence-corrected chi connectivity index (χ1v) is 17.0. The molecule has 2 aromatic heterocycles. The maximum Gasteiger partial charge on any atom is 0.161 e. The molecule has 4 heteroatoms. The van der Waals surface area contributed by atoms with Crippen molar-refractivity contribution in [3.63, 3.8) is 0 Å². The molecule has 48 heavy (non-hydrogen) atoms. The van der Waals surface area contributed by atoms with Crippen LogP contribution in [-0.4, -0.2) is 15.0 Å². The Hall–Kier alpha value is -3.46. The van der Waals surface area contributed by atoms with Crippen molar-refractivity contribution in [3.05, 3.63) is 113 Å². The molecule has 6 rings (SSSR count). The maximum atomic E-state index is 5.09. The van der Waals surface area contributed by atoms with Crippen LogP contribution in [0.1, 0.15) is 105 Å². The molecule has 251 valence electrons. The van der Waals surface area contributed by atoms with Gasteiger partial charge in [0.05, 0.1) is 11.4 Å². The van der Waals surface area contributed by atoms with Crippen molar-refractivity contribution in [2.24, 2.45) is 5.41 Å². The van der Waals surface area contributed by atoms with Gasteiger partial charge in [-0.3, -0.25) is 0 Å². The molecule has 0 spiro atoms. The van der Waals surface area contributed by atoms with Gasteiger partial charge in [0.1, 0.15) is 0 Å². The Morgan fingerprint density at radius 1 is 0.542 bits per heavy atom. The van der Waals surface area contributed by atoms with Gasteiger partial charge in [-0.25, -0.2) is 9.97 Å². The fourth-order valence-electron chi connectivity index (χ4n) is 6.97. The minimum absolute atomic E-state index is 0. The number of nitrogens with zero attached hydrogens (tertiary/aromatic N) is 3. The van der Waals surface area contributed by atoms with E-state index in [2.05, 4.69) is 168 Å². The predicted molar refractivity (Wildman–Crippen MR) is 198 cm³/mol. The monoisotopic (exact) mass is 813 g/mol. The smallest absolute Gasteiger partial charge is 0.161 e. The third-order valence-electron chi connectivity index (χ3n) is 11.5. The molecule has 0 fully saturated rings. The fourth-order valence-corrected chi connectivity index (χ4v) is 6.97. The fraction of sp³-hybridized carbons (Fsp3) is 0.386. The maximum absolute atomic E-state index is 5.09. The van der Waals surface area contributed by atoms with E-state index in [1.54, 1.807) is 0 Å². The van der Waals surface area contributed by atoms with E-state index in [1.165, 1.54) is 22.3 Å². The zero-order chi connectivity index (χ0) is 34.2. The molecule has 0 amide bonds. The van der Waals surface area contributed by atoms with Gasteiger partial charge in [0.15, 0.2) is 5.82 Å². The number of hydrogen-bond acceptors (Lipinski definition) is 3. The third kappa shape index (κ3) is 6.12. The number of pyridine rings is 1. The first-order valence-electron chi connectivity index (χ1n) is 17.0. The third-order valence-corrected chi connectivity index (χ3v) is 11.5. The summed E-state index contributed by atoms with van der Waals surface area (Å²) < 4.78 is 0. The summed E-state index contributed by atoms with van der Waals surface area (Å²) in [6, 6.07) is 31.9. The standard InChI is InChI=1S/C44H50N3.Ir/c1-40(2,3)32-19-13-28(14-20-32)37-26-38(29-15-21-33(22-16-29)41(4,5)6)47-39(46-37)31-18-24-36(45-27-31)30-17-23-34-35(25-30)43(9,10)44(11,12)42(34,7)8;/h13-16,18-27H,1-12H3;/q-1;. The summed E-state index contributed by atoms with van der Waals surface area (Å²) in [7, 11) is 0. The van der Waals surface area contributed by atoms with E-state index in [1.807, 2.05) is 6.20 Å². The van der Waals surface area contributed by atoms with Crippen LogP contribution in [0.15, 0.2) is 85.1 Å². The molecule has 0 saturated heterocycles. The Balaban J connectivity index is 0.00000451. The van der Waals surface area contributed by atoms with Crippen molar-refractivity contribution in [3.8, 4) is 45.2 Å². The van der Waals surface area contributed by atoms with E-state index in [0.29, 0.717) is 5.82 Å². The average molecular weight is 813 g/mol. The molecule has 0 saturated carbocycles. The largest absolute Gasteiger partial charge is 0.304 e. The van der Waals surface area contributed by atoms with Crippen LogP contribution in [0.2, 0.25) is 0 Å². The van der Waals surface area contributed by atoms with Gasteiger partial charge in [-0.1, -0.05) is 144 Å². The molecule has 1 aliphatic rings. The Kier molecular flexibility index (Phi) is 9.07. The number of hydrogen-bond donors (Lipinski definition) is 0. The van der Waals surface area contributed by atoms with Crippen molar-refractivity contribution in [2.75, 3.05) is 0 Å². The van der Waals surface area contributed by atoms with Crippen molar-refractivity contribution in [2.45, 2.75) is 105 Å². The molecular formula is C44H50IrN3-. The molecule has 0 atom stereocenters. The second-order valence-electron chi connectivity index (χ2n) is 17.1. The normalized spacial score (nSPS) is 16.2. The van der Waals surface area contributed by atoms with Crippen LogP contribution in [0.3, 0.4) is 0 Å². The number of fused-ring (bicyclic) bond motifs is 1. The Labute approximate surface area is 302 Å². The summed E-state index contributed by atoms with van der Waals surface area (Å²) >= 11 is 0. The summed E-state index contributed by atoms with van der Waals surface area (Å²) in [6.07, 6.45) is 1.91. The van der Waals surface area contributed by atoms with E-state index in [4.69, 9.17) is 15.0 Å². The van der Waals surface area contributed by atoms with Crippen LogP contribution in [0.5, 0.6) is 0 Å². The van der Waals surface area contributed by atoms with Crippen molar-refractivity contribution < 1.29 is 20.1 Å². The second-order valence-corrected chi connectivity index (χ2v) is 17.1. The molecule has 1 aliphatic carbocycles. The molecule has 0 aliphatic heterocycles. The molecule has 2 heterocycles. The average Bonchev–Trinajstić information content (AvgIpc) is 3.13. The van der Waals surface area contributed by atoms with Gasteiger partial charge in [-0.05, 0) is 50.0 Å². The van der Waals surface area contributed by atoms with Crippen LogP contribution in [0.4, 0.5) is 0 Å². The Morgan fingerprint density at radius 3 is 1.44 bits per heavy atom. The molecule has 3 aromatic carbocycles. The van der Waals surface area contributed by atoms with E-state index >= 15 is 0 Å². The molecule has 0 N–H and O–H groups in total. The number of aromatic nitrogens is 3. The van der Waals surface area contributed by atoms with Crippen LogP contribution in [0, 0.1) is 11.5 Å². The van der Waals surface area contributed by atoms with Crippen LogP contribution < -0.4 is 0 Å². The van der Waals surface area contributed by atoms with E-state index in [9.17, 15) is 0 Å². The molecule has 0 unspecified atom stereocenters. The summed E-state index contributed by atoms with van der Waals surface area (Å²) in [5, 5.41) is 0. The first kappa shape index (κ1) is 35.8. The van der Waals surface area contributed by atoms with Crippen molar-refractivity contribution >= 4 is 0 Å². The van der Waals surface area contributed by atoms with Gasteiger partial charge < -0.3 is 4.98 Å². The minimum atomic E-state index is 0. The van der Waals surface area contributed by atoms with Gasteiger partial charge in [0.25, 0.3) is 0 Å². The molecule has 1 radical (unpaired) electrons. The summed E-state index contributed by atoms with van der Waals surface area (Å²) in [6.45, 7) is 27.7. The van der Waals surface area contributed by atoms with Crippen LogP contribution >= 0.6 is 0 Å². The van der Waals surface area contributed by atoms with Gasteiger partial charge in [0.2, 0.25) is 0 Å². The van der Waals surface area contributed by atoms with Crippen LogP contribution in [0.25, 0.3) is 45.2 Å². The topological polar surface area (TPSA) is 38.7 Å². The summed E-state index contributed by atoms with van der Waals surface area (Å²) in [4.78, 5) is 15.1. The zero-order valence-electron chi connectivity index (χ0n) is 30.8. The SMILES string of the molecule is CC(C)(C)c1ccc(-c2cc(-c3ccc(C(C)(C)C)cc3)nc(-c3ccc(-c4[c-]cc5c(c4)C(C)(C)C(C)(C)C5(C)C)nc3)n2)cc1.[Ir]. The molecular weight excluding hydrogens is 763 g/mol. The second kappa shape index (κ2) is 12.1. The minimum Gasteiger partial charge on any atom is -0.304 e. The number of benzene rings is 3. The van der Waals surface area contributed by atoms with Gasteiger partial charge >= 0.3 is 0 Å². The quantitative estimate of drug-likeness (QED) is 0.170. The summed E-state index contributed by atoms with van der Waals surface area (Å²) in [5.41, 5.74) is 12.5. The van der Waals surface area contributed by atoms with E-state index in [0.717, 1.165) is 39.3 Å². The predicted octanol–water partition coefficient (Wildman–Crippen LogP) is 11.5. The molecule has 5 aromatic rings. The Bertz CT molecular complexity index is 1860. The van der Waals surface area contributed by atoms with Crippen molar-refractivity contribution in [1.82, 2.24) is 15.0 Å². The van der Waals surface area contributed by atoms with Crippen LogP contribution in [-0.2, 0) is 41.8 Å². The number of rotatable bonds is 4. The first-order chi connectivity index (χ1) is 21.8. The van der Waals surface area contributed by atoms with Gasteiger partial charge in [-0.2, -0.15) is 0 Å². The van der Waals surface area contributed by atoms with E-state index in [-0.39, 0.29) is 47.2 Å². The van der Waals surface area contributed by atoms with Crippen molar-refractivity contribution in [1.29, 1.82) is 0 Å². The molecule has 0 bridgehead atoms. The van der Waals surface area contributed by atoms with E-state index < -0.39 is 0 Å². The zero-order valence-corrected chi connectivity index (χ0v) is 33.2. The Morgan fingerprint density at radius 2 is 1.00 bits per heavy atom. The van der Waals surface area contributed by atoms with Gasteiger partial charge in [-0.15, -0.1) is 34.9 Å². The van der Waals surface area contributed by atoms with Gasteiger partial charge in [0, 0.05) is 43.0 Å².